The predicted octanol–water partition coefficient (Wildman–Crippen LogP) is 1.39. The SMILES string of the molecule is I.NC(=NCC1CN2CCN1CC2)N1CCN(c2ccc(Cl)cc2)CC1. The smallest absolute Gasteiger partial charge is 0.191 e. The van der Waals surface area contributed by atoms with Crippen LogP contribution in [-0.4, -0.2) is 92.1 Å². The van der Waals surface area contributed by atoms with Gasteiger partial charge < -0.3 is 15.5 Å². The molecule has 26 heavy (non-hydrogen) atoms. The van der Waals surface area contributed by atoms with Gasteiger partial charge in [-0.05, 0) is 24.3 Å². The molecule has 144 valence electrons. The summed E-state index contributed by atoms with van der Waals surface area (Å²) in [6.07, 6.45) is 0. The molecule has 1 aromatic carbocycles. The van der Waals surface area contributed by atoms with Crippen molar-refractivity contribution in [1.82, 2.24) is 14.7 Å². The minimum Gasteiger partial charge on any atom is -0.370 e. The Bertz CT molecular complexity index is 609. The van der Waals surface area contributed by atoms with Gasteiger partial charge in [-0.1, -0.05) is 11.6 Å². The molecule has 0 amide bonds. The number of anilines is 1. The molecule has 4 fully saturated rings. The molecular formula is C18H28ClIN6. The van der Waals surface area contributed by atoms with E-state index in [0.29, 0.717) is 12.0 Å². The minimum atomic E-state index is 0. The highest BCUT2D eigenvalue weighted by atomic mass is 127. The third-order valence-corrected chi connectivity index (χ3v) is 5.90. The van der Waals surface area contributed by atoms with Gasteiger partial charge >= 0.3 is 0 Å². The van der Waals surface area contributed by atoms with Gasteiger partial charge in [0.15, 0.2) is 5.96 Å². The van der Waals surface area contributed by atoms with E-state index in [1.165, 1.54) is 31.9 Å². The van der Waals surface area contributed by atoms with Crippen LogP contribution in [0.3, 0.4) is 0 Å². The number of hydrogen-bond donors (Lipinski definition) is 1. The fourth-order valence-corrected chi connectivity index (χ4v) is 4.17. The van der Waals surface area contributed by atoms with Gasteiger partial charge in [-0.25, -0.2) is 0 Å². The van der Waals surface area contributed by atoms with Gasteiger partial charge in [0.1, 0.15) is 0 Å². The van der Waals surface area contributed by atoms with Gasteiger partial charge in [0.2, 0.25) is 0 Å². The summed E-state index contributed by atoms with van der Waals surface area (Å²) in [7, 11) is 0. The first-order chi connectivity index (χ1) is 12.2. The van der Waals surface area contributed by atoms with E-state index in [4.69, 9.17) is 22.3 Å². The van der Waals surface area contributed by atoms with Crippen LogP contribution in [0, 0.1) is 0 Å². The molecule has 0 radical (unpaired) electrons. The second kappa shape index (κ2) is 8.95. The van der Waals surface area contributed by atoms with Crippen molar-refractivity contribution in [1.29, 1.82) is 0 Å². The zero-order chi connectivity index (χ0) is 17.2. The summed E-state index contributed by atoms with van der Waals surface area (Å²) in [5, 5.41) is 0.780. The number of nitrogens with two attached hydrogens (primary N) is 1. The molecule has 2 N–H and O–H groups in total. The van der Waals surface area contributed by atoms with Crippen molar-refractivity contribution in [2.75, 3.05) is 70.3 Å². The summed E-state index contributed by atoms with van der Waals surface area (Å²) in [6.45, 7) is 10.5. The van der Waals surface area contributed by atoms with E-state index in [1.807, 2.05) is 12.1 Å². The van der Waals surface area contributed by atoms with Crippen LogP contribution >= 0.6 is 35.6 Å². The van der Waals surface area contributed by atoms with E-state index in [1.54, 1.807) is 0 Å². The monoisotopic (exact) mass is 490 g/mol. The van der Waals surface area contributed by atoms with E-state index in [9.17, 15) is 0 Å². The maximum Gasteiger partial charge on any atom is 0.191 e. The molecule has 0 aliphatic carbocycles. The van der Waals surface area contributed by atoms with Crippen molar-refractivity contribution in [2.24, 2.45) is 10.7 Å². The largest absolute Gasteiger partial charge is 0.370 e. The second-order valence-corrected chi connectivity index (χ2v) is 7.58. The predicted molar refractivity (Wildman–Crippen MR) is 119 cm³/mol. The summed E-state index contributed by atoms with van der Waals surface area (Å²) in [4.78, 5) is 14.4. The van der Waals surface area contributed by atoms with Crippen LogP contribution in [0.2, 0.25) is 5.02 Å². The highest BCUT2D eigenvalue weighted by Gasteiger charge is 2.31. The van der Waals surface area contributed by atoms with E-state index in [2.05, 4.69) is 31.7 Å². The first-order valence-corrected chi connectivity index (χ1v) is 9.58. The molecular weight excluding hydrogens is 463 g/mol. The van der Waals surface area contributed by atoms with Crippen LogP contribution in [0.4, 0.5) is 5.69 Å². The third kappa shape index (κ3) is 4.55. The maximum absolute atomic E-state index is 6.28. The number of nitrogens with zero attached hydrogens (tertiary/aromatic N) is 5. The van der Waals surface area contributed by atoms with Gasteiger partial charge in [-0.2, -0.15) is 0 Å². The fourth-order valence-electron chi connectivity index (χ4n) is 4.04. The number of hydrogen-bond acceptors (Lipinski definition) is 4. The van der Waals surface area contributed by atoms with Crippen LogP contribution in [-0.2, 0) is 0 Å². The Morgan fingerprint density at radius 1 is 1.00 bits per heavy atom. The molecule has 6 nitrogen and oxygen atoms in total. The van der Waals surface area contributed by atoms with Gasteiger partial charge in [0.25, 0.3) is 0 Å². The fraction of sp³-hybridized carbons (Fsp3) is 0.611. The Morgan fingerprint density at radius 3 is 2.23 bits per heavy atom. The lowest BCUT2D eigenvalue weighted by molar-refractivity contribution is 0.0173. The highest BCUT2D eigenvalue weighted by Crippen LogP contribution is 2.19. The molecule has 5 rings (SSSR count). The van der Waals surface area contributed by atoms with Crippen LogP contribution in [0.1, 0.15) is 0 Å². The van der Waals surface area contributed by atoms with E-state index in [-0.39, 0.29) is 24.0 Å². The van der Waals surface area contributed by atoms with Gasteiger partial charge in [-0.3, -0.25) is 14.8 Å². The number of aliphatic imine (C=N–C) groups is 1. The lowest BCUT2D eigenvalue weighted by Crippen LogP contribution is -2.62. The maximum atomic E-state index is 6.28. The van der Waals surface area contributed by atoms with Crippen molar-refractivity contribution in [3.63, 3.8) is 0 Å². The Balaban J connectivity index is 0.00000196. The Hall–Kier alpha value is -0.770. The van der Waals surface area contributed by atoms with E-state index >= 15 is 0 Å². The average molecular weight is 491 g/mol. The van der Waals surface area contributed by atoms with Crippen LogP contribution in [0.25, 0.3) is 0 Å². The van der Waals surface area contributed by atoms with Crippen molar-refractivity contribution in [3.05, 3.63) is 29.3 Å². The van der Waals surface area contributed by atoms with Gasteiger partial charge in [0, 0.05) is 75.7 Å². The standard InChI is InChI=1S/C18H27ClN6.HI/c19-15-1-3-16(4-2-15)23-9-11-25(12-10-23)18(20)21-13-17-14-22-5-7-24(17)8-6-22;/h1-4,17H,5-14H2,(H2,20,21);1H. The number of rotatable bonds is 3. The molecule has 4 aliphatic heterocycles. The zero-order valence-corrected chi connectivity index (χ0v) is 18.1. The second-order valence-electron chi connectivity index (χ2n) is 7.14. The van der Waals surface area contributed by atoms with Crippen molar-refractivity contribution >= 4 is 47.2 Å². The van der Waals surface area contributed by atoms with Crippen molar-refractivity contribution in [2.45, 2.75) is 6.04 Å². The summed E-state index contributed by atoms with van der Waals surface area (Å²) in [5.74, 6) is 0.702. The summed E-state index contributed by atoms with van der Waals surface area (Å²) >= 11 is 5.97. The molecule has 0 aromatic heterocycles. The van der Waals surface area contributed by atoms with E-state index in [0.717, 1.165) is 44.3 Å². The number of piperazine rings is 4. The first kappa shape index (κ1) is 20.0. The molecule has 8 heteroatoms. The summed E-state index contributed by atoms with van der Waals surface area (Å²) < 4.78 is 0. The summed E-state index contributed by atoms with van der Waals surface area (Å²) in [6, 6.07) is 8.59. The van der Waals surface area contributed by atoms with Crippen molar-refractivity contribution in [3.8, 4) is 0 Å². The van der Waals surface area contributed by atoms with Crippen LogP contribution in [0.15, 0.2) is 29.3 Å². The normalized spacial score (nSPS) is 28.8. The molecule has 0 spiro atoms. The van der Waals surface area contributed by atoms with E-state index < -0.39 is 0 Å². The molecule has 4 heterocycles. The van der Waals surface area contributed by atoms with Gasteiger partial charge in [0.05, 0.1) is 6.54 Å². The average Bonchev–Trinajstić information content (AvgIpc) is 2.68. The first-order valence-electron chi connectivity index (χ1n) is 9.21. The Kier molecular flexibility index (Phi) is 6.87. The highest BCUT2D eigenvalue weighted by molar-refractivity contribution is 14.0. The Labute approximate surface area is 178 Å². The van der Waals surface area contributed by atoms with Crippen molar-refractivity contribution < 1.29 is 0 Å². The molecule has 4 saturated heterocycles. The topological polar surface area (TPSA) is 51.3 Å². The zero-order valence-electron chi connectivity index (χ0n) is 15.1. The lowest BCUT2D eigenvalue weighted by atomic mass is 10.1. The minimum absolute atomic E-state index is 0. The molecule has 1 aromatic rings. The molecule has 2 bridgehead atoms. The molecule has 1 atom stereocenters. The third-order valence-electron chi connectivity index (χ3n) is 5.65. The van der Waals surface area contributed by atoms with Gasteiger partial charge in [-0.15, -0.1) is 24.0 Å². The quantitative estimate of drug-likeness (QED) is 0.394. The molecule has 1 unspecified atom stereocenters. The summed E-state index contributed by atoms with van der Waals surface area (Å²) in [5.41, 5.74) is 7.50. The number of halogens is 2. The lowest BCUT2D eigenvalue weighted by Gasteiger charge is -2.47. The van der Waals surface area contributed by atoms with Crippen LogP contribution in [0.5, 0.6) is 0 Å². The number of guanidine groups is 1. The van der Waals surface area contributed by atoms with Crippen LogP contribution < -0.4 is 10.6 Å². The number of benzene rings is 1. The Morgan fingerprint density at radius 2 is 1.65 bits per heavy atom. The number of fused-ring (bicyclic) bond motifs is 3. The molecule has 0 saturated carbocycles. The molecule has 4 aliphatic rings.